The first-order valence-corrected chi connectivity index (χ1v) is 6.91. The minimum atomic E-state index is 0.0442. The Morgan fingerprint density at radius 1 is 1.39 bits per heavy atom. The van der Waals surface area contributed by atoms with Gasteiger partial charge in [0.05, 0.1) is 6.26 Å². The maximum Gasteiger partial charge on any atom is 0.289 e. The van der Waals surface area contributed by atoms with Crippen LogP contribution in [0.3, 0.4) is 0 Å². The van der Waals surface area contributed by atoms with Crippen LogP contribution in [-0.4, -0.2) is 36.5 Å². The lowest BCUT2D eigenvalue weighted by atomic mass is 9.89. The van der Waals surface area contributed by atoms with Gasteiger partial charge in [-0.05, 0) is 50.3 Å². The summed E-state index contributed by atoms with van der Waals surface area (Å²) in [5, 5.41) is 3.56. The maximum atomic E-state index is 12.2. The highest BCUT2D eigenvalue weighted by molar-refractivity contribution is 5.91. The van der Waals surface area contributed by atoms with E-state index < -0.39 is 0 Å². The molecule has 2 fully saturated rings. The van der Waals surface area contributed by atoms with Gasteiger partial charge < -0.3 is 14.6 Å². The highest BCUT2D eigenvalue weighted by Crippen LogP contribution is 2.25. The minimum Gasteiger partial charge on any atom is -0.459 e. The lowest BCUT2D eigenvalue weighted by Gasteiger charge is -2.35. The third-order valence-electron chi connectivity index (χ3n) is 4.14. The van der Waals surface area contributed by atoms with Crippen LogP contribution in [-0.2, 0) is 0 Å². The molecule has 1 aromatic rings. The van der Waals surface area contributed by atoms with Crippen molar-refractivity contribution in [3.05, 3.63) is 24.2 Å². The van der Waals surface area contributed by atoms with Crippen molar-refractivity contribution >= 4 is 5.91 Å². The third kappa shape index (κ3) is 2.29. The Hall–Kier alpha value is -1.29. The van der Waals surface area contributed by atoms with Gasteiger partial charge in [0.25, 0.3) is 5.91 Å². The number of carbonyl (C=O) groups excluding carboxylic acids is 1. The van der Waals surface area contributed by atoms with E-state index in [1.807, 2.05) is 4.90 Å². The molecule has 4 heteroatoms. The summed E-state index contributed by atoms with van der Waals surface area (Å²) in [6.45, 7) is 2.87. The molecule has 0 spiro atoms. The largest absolute Gasteiger partial charge is 0.459 e. The van der Waals surface area contributed by atoms with E-state index in [-0.39, 0.29) is 5.91 Å². The van der Waals surface area contributed by atoms with Crippen molar-refractivity contribution in [1.29, 1.82) is 0 Å². The first-order valence-electron chi connectivity index (χ1n) is 6.91. The van der Waals surface area contributed by atoms with Crippen LogP contribution in [0.5, 0.6) is 0 Å². The fourth-order valence-corrected chi connectivity index (χ4v) is 3.19. The molecule has 0 saturated carbocycles. The van der Waals surface area contributed by atoms with Gasteiger partial charge in [0.2, 0.25) is 0 Å². The molecule has 2 aliphatic rings. The van der Waals surface area contributed by atoms with Gasteiger partial charge in [-0.25, -0.2) is 0 Å². The second kappa shape index (κ2) is 5.14. The van der Waals surface area contributed by atoms with Gasteiger partial charge in [0.1, 0.15) is 0 Å². The molecule has 2 aliphatic heterocycles. The van der Waals surface area contributed by atoms with Crippen LogP contribution in [0.4, 0.5) is 0 Å². The molecule has 0 radical (unpaired) electrons. The van der Waals surface area contributed by atoms with Gasteiger partial charge >= 0.3 is 0 Å². The van der Waals surface area contributed by atoms with Gasteiger partial charge in [0.15, 0.2) is 5.76 Å². The van der Waals surface area contributed by atoms with Gasteiger partial charge in [-0.1, -0.05) is 0 Å². The molecular formula is C14H20N2O2. The van der Waals surface area contributed by atoms with Gasteiger partial charge in [-0.15, -0.1) is 0 Å². The molecule has 98 valence electrons. The normalized spacial score (nSPS) is 28.6. The first-order chi connectivity index (χ1) is 8.84. The molecule has 3 heterocycles. The van der Waals surface area contributed by atoms with E-state index in [9.17, 15) is 4.79 Å². The van der Waals surface area contributed by atoms with Crippen LogP contribution in [0.1, 0.15) is 36.2 Å². The van der Waals surface area contributed by atoms with Crippen molar-refractivity contribution in [2.75, 3.05) is 19.6 Å². The number of nitrogens with one attached hydrogen (secondary N) is 1. The van der Waals surface area contributed by atoms with Crippen LogP contribution < -0.4 is 5.32 Å². The highest BCUT2D eigenvalue weighted by atomic mass is 16.3. The third-order valence-corrected chi connectivity index (χ3v) is 4.14. The zero-order chi connectivity index (χ0) is 12.4. The number of furan rings is 1. The lowest BCUT2D eigenvalue weighted by Crippen LogP contribution is -2.45. The molecule has 2 atom stereocenters. The van der Waals surface area contributed by atoms with Crippen LogP contribution in [0.25, 0.3) is 0 Å². The molecular weight excluding hydrogens is 228 g/mol. The van der Waals surface area contributed by atoms with Gasteiger partial charge in [-0.2, -0.15) is 0 Å². The number of amides is 1. The second-order valence-corrected chi connectivity index (χ2v) is 5.33. The molecule has 1 N–H and O–H groups in total. The van der Waals surface area contributed by atoms with Crippen LogP contribution >= 0.6 is 0 Å². The van der Waals surface area contributed by atoms with Gasteiger partial charge in [0, 0.05) is 19.1 Å². The average molecular weight is 248 g/mol. The predicted octanol–water partition coefficient (Wildman–Crippen LogP) is 1.88. The summed E-state index contributed by atoms with van der Waals surface area (Å²) < 4.78 is 5.20. The molecule has 0 bridgehead atoms. The van der Waals surface area contributed by atoms with E-state index in [2.05, 4.69) is 5.32 Å². The number of nitrogens with zero attached hydrogens (tertiary/aromatic N) is 1. The fourth-order valence-electron chi connectivity index (χ4n) is 3.19. The number of likely N-dealkylation sites (tertiary alicyclic amines) is 1. The standard InChI is InChI=1S/C14H20N2O2/c17-14(13-6-3-9-18-13)16-8-2-4-11(10-16)12-5-1-7-15-12/h3,6,9,11-12,15H,1-2,4-5,7-8,10H2. The average Bonchev–Trinajstić information content (AvgIpc) is 3.11. The molecule has 18 heavy (non-hydrogen) atoms. The number of piperidine rings is 1. The summed E-state index contributed by atoms with van der Waals surface area (Å²) in [5.41, 5.74) is 0. The molecule has 0 aliphatic carbocycles. The van der Waals surface area contributed by atoms with E-state index in [1.165, 1.54) is 19.3 Å². The summed E-state index contributed by atoms with van der Waals surface area (Å²) in [6.07, 6.45) is 6.43. The Morgan fingerprint density at radius 3 is 3.06 bits per heavy atom. The summed E-state index contributed by atoms with van der Waals surface area (Å²) in [6, 6.07) is 4.13. The molecule has 2 unspecified atom stereocenters. The Labute approximate surface area is 107 Å². The van der Waals surface area contributed by atoms with Crippen LogP contribution in [0.2, 0.25) is 0 Å². The second-order valence-electron chi connectivity index (χ2n) is 5.33. The van der Waals surface area contributed by atoms with Crippen LogP contribution in [0.15, 0.2) is 22.8 Å². The number of hydrogen-bond acceptors (Lipinski definition) is 3. The molecule has 2 saturated heterocycles. The minimum absolute atomic E-state index is 0.0442. The summed E-state index contributed by atoms with van der Waals surface area (Å²) in [7, 11) is 0. The Kier molecular flexibility index (Phi) is 3.37. The van der Waals surface area contributed by atoms with Gasteiger partial charge in [-0.3, -0.25) is 4.79 Å². The molecule has 4 nitrogen and oxygen atoms in total. The molecule has 3 rings (SSSR count). The van der Waals surface area contributed by atoms with Crippen molar-refractivity contribution in [3.63, 3.8) is 0 Å². The van der Waals surface area contributed by atoms with Crippen molar-refractivity contribution in [1.82, 2.24) is 10.2 Å². The van der Waals surface area contributed by atoms with Crippen molar-refractivity contribution < 1.29 is 9.21 Å². The summed E-state index contributed by atoms with van der Waals surface area (Å²) in [4.78, 5) is 14.2. The quantitative estimate of drug-likeness (QED) is 0.869. The summed E-state index contributed by atoms with van der Waals surface area (Å²) in [5.74, 6) is 1.12. The fraction of sp³-hybridized carbons (Fsp3) is 0.643. The molecule has 1 amide bonds. The van der Waals surface area contributed by atoms with Crippen molar-refractivity contribution in [2.45, 2.75) is 31.7 Å². The summed E-state index contributed by atoms with van der Waals surface area (Å²) >= 11 is 0. The van der Waals surface area contributed by atoms with E-state index >= 15 is 0 Å². The smallest absolute Gasteiger partial charge is 0.289 e. The topological polar surface area (TPSA) is 45.5 Å². The van der Waals surface area contributed by atoms with E-state index in [0.29, 0.717) is 17.7 Å². The Balaban J connectivity index is 1.64. The lowest BCUT2D eigenvalue weighted by molar-refractivity contribution is 0.0619. The zero-order valence-corrected chi connectivity index (χ0v) is 10.6. The van der Waals surface area contributed by atoms with Crippen molar-refractivity contribution in [3.8, 4) is 0 Å². The zero-order valence-electron chi connectivity index (χ0n) is 10.6. The Morgan fingerprint density at radius 2 is 2.33 bits per heavy atom. The van der Waals surface area contributed by atoms with Crippen molar-refractivity contribution in [2.24, 2.45) is 5.92 Å². The van der Waals surface area contributed by atoms with E-state index in [1.54, 1.807) is 18.4 Å². The maximum absolute atomic E-state index is 12.2. The van der Waals surface area contributed by atoms with Crippen LogP contribution in [0, 0.1) is 5.92 Å². The van der Waals surface area contributed by atoms with E-state index in [4.69, 9.17) is 4.42 Å². The SMILES string of the molecule is O=C(c1ccco1)N1CCCC(C2CCCN2)C1. The van der Waals surface area contributed by atoms with E-state index in [0.717, 1.165) is 26.1 Å². The first kappa shape index (κ1) is 11.8. The highest BCUT2D eigenvalue weighted by Gasteiger charge is 2.31. The Bertz CT molecular complexity index is 396. The monoisotopic (exact) mass is 248 g/mol. The number of rotatable bonds is 2. The number of carbonyl (C=O) groups is 1. The molecule has 0 aromatic carbocycles. The number of hydrogen-bond donors (Lipinski definition) is 1. The predicted molar refractivity (Wildman–Crippen MR) is 68.4 cm³/mol. The molecule has 1 aromatic heterocycles.